The van der Waals surface area contributed by atoms with Crippen LogP contribution in [0.4, 0.5) is 17.1 Å². The quantitative estimate of drug-likeness (QED) is 0.643. The smallest absolute Gasteiger partial charge is 0.159 e. The molecule has 4 heteroatoms. The van der Waals surface area contributed by atoms with E-state index in [0.717, 1.165) is 17.1 Å². The molecule has 0 amide bonds. The third-order valence-electron chi connectivity index (χ3n) is 2.91. The van der Waals surface area contributed by atoms with E-state index in [4.69, 9.17) is 10.5 Å². The van der Waals surface area contributed by atoms with Crippen molar-refractivity contribution >= 4 is 22.8 Å². The summed E-state index contributed by atoms with van der Waals surface area (Å²) < 4.78 is 5.55. The van der Waals surface area contributed by atoms with E-state index in [1.165, 1.54) is 6.92 Å². The van der Waals surface area contributed by atoms with E-state index < -0.39 is 0 Å². The van der Waals surface area contributed by atoms with E-state index in [2.05, 4.69) is 5.32 Å². The lowest BCUT2D eigenvalue weighted by atomic mass is 10.1. The van der Waals surface area contributed by atoms with Crippen LogP contribution in [0.3, 0.4) is 0 Å². The van der Waals surface area contributed by atoms with Crippen molar-refractivity contribution in [3.05, 3.63) is 48.0 Å². The highest BCUT2D eigenvalue weighted by molar-refractivity contribution is 5.96. The number of benzene rings is 2. The van der Waals surface area contributed by atoms with Crippen LogP contribution in [0.5, 0.6) is 5.75 Å². The molecule has 0 bridgehead atoms. The van der Waals surface area contributed by atoms with Gasteiger partial charge in [0.15, 0.2) is 5.78 Å². The number of nitrogens with one attached hydrogen (secondary N) is 1. The van der Waals surface area contributed by atoms with E-state index in [1.54, 1.807) is 18.2 Å². The molecular weight excluding hydrogens is 252 g/mol. The average molecular weight is 270 g/mol. The number of para-hydroxylation sites is 2. The number of Topliss-reactive ketones (excluding diaryl/α,β-unsaturated/α-hetero) is 1. The van der Waals surface area contributed by atoms with E-state index in [-0.39, 0.29) is 5.78 Å². The molecule has 0 spiro atoms. The van der Waals surface area contributed by atoms with Crippen molar-refractivity contribution in [1.82, 2.24) is 0 Å². The predicted molar refractivity (Wildman–Crippen MR) is 81.8 cm³/mol. The molecule has 0 radical (unpaired) electrons. The molecule has 0 aromatic heterocycles. The van der Waals surface area contributed by atoms with Crippen LogP contribution in [0, 0.1) is 0 Å². The normalized spacial score (nSPS) is 10.1. The fourth-order valence-electron chi connectivity index (χ4n) is 1.89. The molecule has 104 valence electrons. The Morgan fingerprint density at radius 3 is 2.60 bits per heavy atom. The molecule has 2 rings (SSSR count). The largest absolute Gasteiger partial charge is 0.492 e. The summed E-state index contributed by atoms with van der Waals surface area (Å²) in [6, 6.07) is 12.9. The number of nitrogen functional groups attached to an aromatic ring is 1. The Morgan fingerprint density at radius 2 is 1.95 bits per heavy atom. The van der Waals surface area contributed by atoms with Gasteiger partial charge in [-0.15, -0.1) is 0 Å². The molecular formula is C16H18N2O2. The molecule has 0 fully saturated rings. The van der Waals surface area contributed by atoms with Gasteiger partial charge in [0, 0.05) is 5.56 Å². The van der Waals surface area contributed by atoms with Crippen LogP contribution in [-0.2, 0) is 0 Å². The number of nitrogens with two attached hydrogens (primary N) is 1. The number of rotatable bonds is 5. The minimum atomic E-state index is -0.00188. The van der Waals surface area contributed by atoms with Gasteiger partial charge in [0.05, 0.1) is 23.7 Å². The minimum absolute atomic E-state index is 0.00188. The van der Waals surface area contributed by atoms with Crippen LogP contribution in [0.25, 0.3) is 0 Å². The minimum Gasteiger partial charge on any atom is -0.492 e. The topological polar surface area (TPSA) is 64.3 Å². The summed E-state index contributed by atoms with van der Waals surface area (Å²) in [5.74, 6) is 0.767. The molecule has 3 N–H and O–H groups in total. The molecule has 0 aliphatic heterocycles. The first-order valence-corrected chi connectivity index (χ1v) is 6.51. The van der Waals surface area contributed by atoms with Crippen LogP contribution < -0.4 is 15.8 Å². The molecule has 20 heavy (non-hydrogen) atoms. The summed E-state index contributed by atoms with van der Waals surface area (Å²) in [4.78, 5) is 11.3. The lowest BCUT2D eigenvalue weighted by Gasteiger charge is -2.14. The van der Waals surface area contributed by atoms with Gasteiger partial charge in [-0.05, 0) is 44.2 Å². The van der Waals surface area contributed by atoms with Crippen molar-refractivity contribution in [2.75, 3.05) is 17.7 Å². The maximum absolute atomic E-state index is 11.3. The zero-order valence-electron chi connectivity index (χ0n) is 11.6. The second-order valence-electron chi connectivity index (χ2n) is 4.41. The zero-order chi connectivity index (χ0) is 14.5. The third-order valence-corrected chi connectivity index (χ3v) is 2.91. The van der Waals surface area contributed by atoms with Gasteiger partial charge in [0.1, 0.15) is 5.75 Å². The lowest BCUT2D eigenvalue weighted by Crippen LogP contribution is -2.01. The Morgan fingerprint density at radius 1 is 1.20 bits per heavy atom. The van der Waals surface area contributed by atoms with Crippen LogP contribution in [0.2, 0.25) is 0 Å². The van der Waals surface area contributed by atoms with Crippen LogP contribution in [-0.4, -0.2) is 12.4 Å². The standard InChI is InChI=1S/C16H18N2O2/c1-3-20-16-7-5-4-6-15(16)18-14-9-8-12(11(2)19)10-13(14)17/h4-10,18H,3,17H2,1-2H3. The number of anilines is 3. The van der Waals surface area contributed by atoms with Gasteiger partial charge in [-0.1, -0.05) is 12.1 Å². The first-order valence-electron chi connectivity index (χ1n) is 6.51. The van der Waals surface area contributed by atoms with Gasteiger partial charge in [0.2, 0.25) is 0 Å². The summed E-state index contributed by atoms with van der Waals surface area (Å²) >= 11 is 0. The zero-order valence-corrected chi connectivity index (χ0v) is 11.6. The Hall–Kier alpha value is -2.49. The highest BCUT2D eigenvalue weighted by atomic mass is 16.5. The van der Waals surface area contributed by atoms with Crippen molar-refractivity contribution in [2.24, 2.45) is 0 Å². The van der Waals surface area contributed by atoms with Gasteiger partial charge in [0.25, 0.3) is 0 Å². The highest BCUT2D eigenvalue weighted by Gasteiger charge is 2.07. The van der Waals surface area contributed by atoms with E-state index in [0.29, 0.717) is 17.9 Å². The number of ketones is 1. The van der Waals surface area contributed by atoms with Gasteiger partial charge >= 0.3 is 0 Å². The first kappa shape index (κ1) is 13.9. The van der Waals surface area contributed by atoms with E-state index >= 15 is 0 Å². The highest BCUT2D eigenvalue weighted by Crippen LogP contribution is 2.30. The van der Waals surface area contributed by atoms with Gasteiger partial charge < -0.3 is 15.8 Å². The third kappa shape index (κ3) is 3.09. The number of ether oxygens (including phenoxy) is 1. The summed E-state index contributed by atoms with van der Waals surface area (Å²) in [5, 5.41) is 3.23. The maximum atomic E-state index is 11.3. The van der Waals surface area contributed by atoms with E-state index in [1.807, 2.05) is 31.2 Å². The first-order chi connectivity index (χ1) is 9.61. The van der Waals surface area contributed by atoms with Crippen LogP contribution in [0.1, 0.15) is 24.2 Å². The second kappa shape index (κ2) is 6.10. The summed E-state index contributed by atoms with van der Waals surface area (Å²) in [7, 11) is 0. The summed E-state index contributed by atoms with van der Waals surface area (Å²) in [6.45, 7) is 4.05. The molecule has 2 aromatic carbocycles. The van der Waals surface area contributed by atoms with Crippen molar-refractivity contribution in [1.29, 1.82) is 0 Å². The summed E-state index contributed by atoms with van der Waals surface area (Å²) in [5.41, 5.74) is 8.71. The maximum Gasteiger partial charge on any atom is 0.159 e. The molecule has 0 aliphatic carbocycles. The van der Waals surface area contributed by atoms with Gasteiger partial charge in [-0.2, -0.15) is 0 Å². The van der Waals surface area contributed by atoms with Gasteiger partial charge in [-0.25, -0.2) is 0 Å². The van der Waals surface area contributed by atoms with Crippen LogP contribution in [0.15, 0.2) is 42.5 Å². The predicted octanol–water partition coefficient (Wildman–Crippen LogP) is 3.61. The number of carbonyl (C=O) groups excluding carboxylic acids is 1. The average Bonchev–Trinajstić information content (AvgIpc) is 2.43. The SMILES string of the molecule is CCOc1ccccc1Nc1ccc(C(C)=O)cc1N. The number of hydrogen-bond donors (Lipinski definition) is 2. The Balaban J connectivity index is 2.28. The lowest BCUT2D eigenvalue weighted by molar-refractivity contribution is 0.101. The molecule has 0 saturated heterocycles. The van der Waals surface area contributed by atoms with Crippen molar-refractivity contribution in [3.63, 3.8) is 0 Å². The van der Waals surface area contributed by atoms with Crippen molar-refractivity contribution in [2.45, 2.75) is 13.8 Å². The van der Waals surface area contributed by atoms with Gasteiger partial charge in [-0.3, -0.25) is 4.79 Å². The van der Waals surface area contributed by atoms with E-state index in [9.17, 15) is 4.79 Å². The molecule has 2 aromatic rings. The fraction of sp³-hybridized carbons (Fsp3) is 0.188. The fourth-order valence-corrected chi connectivity index (χ4v) is 1.89. The Bertz CT molecular complexity index is 624. The molecule has 0 unspecified atom stereocenters. The summed E-state index contributed by atoms with van der Waals surface area (Å²) in [6.07, 6.45) is 0. The van der Waals surface area contributed by atoms with Crippen molar-refractivity contribution < 1.29 is 9.53 Å². The second-order valence-corrected chi connectivity index (χ2v) is 4.41. The molecule has 4 nitrogen and oxygen atoms in total. The molecule has 0 atom stereocenters. The van der Waals surface area contributed by atoms with Crippen molar-refractivity contribution in [3.8, 4) is 5.75 Å². The monoisotopic (exact) mass is 270 g/mol. The molecule has 0 heterocycles. The van der Waals surface area contributed by atoms with Crippen LogP contribution >= 0.6 is 0 Å². The number of hydrogen-bond acceptors (Lipinski definition) is 4. The molecule has 0 saturated carbocycles. The number of carbonyl (C=O) groups is 1. The molecule has 0 aliphatic rings. The Labute approximate surface area is 118 Å². The Kier molecular flexibility index (Phi) is 4.25.